The second-order valence-corrected chi connectivity index (χ2v) is 8.12. The molecule has 3 unspecified atom stereocenters. The van der Waals surface area contributed by atoms with Crippen molar-refractivity contribution in [1.29, 1.82) is 0 Å². The molecule has 2 fully saturated rings. The molecule has 158 valence electrons. The molecule has 2 aromatic carbocycles. The van der Waals surface area contributed by atoms with Crippen LogP contribution >= 0.6 is 0 Å². The number of nitrogens with zero attached hydrogens (tertiary/aromatic N) is 1. The van der Waals surface area contributed by atoms with E-state index >= 15 is 0 Å². The van der Waals surface area contributed by atoms with Crippen molar-refractivity contribution in [3.05, 3.63) is 59.9 Å². The number of halogens is 1. The smallest absolute Gasteiger partial charge is 0.322 e. The molecular weight excluding hydrogens is 385 g/mol. The van der Waals surface area contributed by atoms with Gasteiger partial charge >= 0.3 is 5.97 Å². The van der Waals surface area contributed by atoms with Crippen LogP contribution in [0.4, 0.5) is 4.39 Å². The average Bonchev–Trinajstić information content (AvgIpc) is 3.22. The molecule has 0 amide bonds. The third-order valence-corrected chi connectivity index (χ3v) is 6.07. The fourth-order valence-corrected chi connectivity index (χ4v) is 4.49. The summed E-state index contributed by atoms with van der Waals surface area (Å²) in [6.45, 7) is 2.61. The van der Waals surface area contributed by atoms with Crippen LogP contribution < -0.4 is 10.9 Å². The number of piperidine rings is 1. The number of ketones is 1. The molecule has 3 N–H and O–H groups in total. The van der Waals surface area contributed by atoms with Gasteiger partial charge in [0.05, 0.1) is 0 Å². The number of carboxylic acids is 1. The quantitative estimate of drug-likeness (QED) is 0.634. The summed E-state index contributed by atoms with van der Waals surface area (Å²) in [7, 11) is 0. The Kier molecular flexibility index (Phi) is 6.22. The minimum absolute atomic E-state index is 0.0457. The highest BCUT2D eigenvalue weighted by Gasteiger charge is 2.35. The van der Waals surface area contributed by atoms with Crippen molar-refractivity contribution in [2.24, 2.45) is 11.8 Å². The maximum Gasteiger partial charge on any atom is 0.322 e. The van der Waals surface area contributed by atoms with E-state index in [0.717, 1.165) is 24.9 Å². The number of benzene rings is 2. The van der Waals surface area contributed by atoms with Crippen LogP contribution in [0.1, 0.15) is 23.2 Å². The third-order valence-electron chi connectivity index (χ3n) is 6.07. The van der Waals surface area contributed by atoms with Gasteiger partial charge in [-0.2, -0.15) is 0 Å². The van der Waals surface area contributed by atoms with Crippen molar-refractivity contribution in [3.63, 3.8) is 0 Å². The lowest BCUT2D eigenvalue weighted by molar-refractivity contribution is -0.140. The number of rotatable bonds is 6. The fraction of sp³-hybridized carbons (Fsp3) is 0.391. The summed E-state index contributed by atoms with van der Waals surface area (Å²) in [5.74, 6) is -1.57. The van der Waals surface area contributed by atoms with E-state index in [0.29, 0.717) is 30.8 Å². The number of Topliss-reactive ketones (excluding diaryl/α,β-unsaturated/α-hetero) is 1. The average molecular weight is 411 g/mol. The van der Waals surface area contributed by atoms with Crippen molar-refractivity contribution in [3.8, 4) is 11.1 Å². The van der Waals surface area contributed by atoms with Crippen LogP contribution in [-0.4, -0.2) is 54.0 Å². The number of hydrogen-bond donors (Lipinski definition) is 3. The van der Waals surface area contributed by atoms with Crippen LogP contribution in [0.5, 0.6) is 0 Å². The highest BCUT2D eigenvalue weighted by molar-refractivity contribution is 5.98. The van der Waals surface area contributed by atoms with Crippen molar-refractivity contribution in [2.45, 2.75) is 18.9 Å². The van der Waals surface area contributed by atoms with Gasteiger partial charge in [0, 0.05) is 42.6 Å². The Morgan fingerprint density at radius 1 is 1.17 bits per heavy atom. The molecule has 2 saturated heterocycles. The minimum Gasteiger partial charge on any atom is -0.480 e. The van der Waals surface area contributed by atoms with Gasteiger partial charge in [-0.15, -0.1) is 0 Å². The normalized spacial score (nSPS) is 24.6. The van der Waals surface area contributed by atoms with Gasteiger partial charge < -0.3 is 10.0 Å². The largest absolute Gasteiger partial charge is 0.480 e. The zero-order valence-electron chi connectivity index (χ0n) is 16.7. The highest BCUT2D eigenvalue weighted by atomic mass is 19.1. The van der Waals surface area contributed by atoms with E-state index < -0.39 is 17.8 Å². The van der Waals surface area contributed by atoms with Crippen LogP contribution in [0, 0.1) is 17.7 Å². The van der Waals surface area contributed by atoms with Gasteiger partial charge in [0.25, 0.3) is 0 Å². The van der Waals surface area contributed by atoms with Gasteiger partial charge in [-0.3, -0.25) is 15.0 Å². The Hall–Kier alpha value is -2.61. The molecule has 30 heavy (non-hydrogen) atoms. The predicted octanol–water partition coefficient (Wildman–Crippen LogP) is 2.56. The van der Waals surface area contributed by atoms with Gasteiger partial charge in [0.1, 0.15) is 11.9 Å². The maximum atomic E-state index is 14.7. The fourth-order valence-electron chi connectivity index (χ4n) is 4.49. The maximum absolute atomic E-state index is 14.7. The third kappa shape index (κ3) is 4.43. The van der Waals surface area contributed by atoms with Crippen molar-refractivity contribution >= 4 is 11.8 Å². The number of hydrazine groups is 1. The molecule has 2 heterocycles. The van der Waals surface area contributed by atoms with E-state index in [-0.39, 0.29) is 17.6 Å². The van der Waals surface area contributed by atoms with Crippen LogP contribution in [0.15, 0.2) is 48.5 Å². The molecule has 3 atom stereocenters. The molecule has 0 saturated carbocycles. The molecule has 7 heteroatoms. The Morgan fingerprint density at radius 2 is 1.97 bits per heavy atom. The van der Waals surface area contributed by atoms with Crippen LogP contribution in [0.2, 0.25) is 0 Å². The lowest BCUT2D eigenvalue weighted by Crippen LogP contribution is -2.46. The van der Waals surface area contributed by atoms with Gasteiger partial charge in [-0.1, -0.05) is 42.5 Å². The van der Waals surface area contributed by atoms with E-state index in [9.17, 15) is 19.1 Å². The van der Waals surface area contributed by atoms with Crippen LogP contribution in [-0.2, 0) is 4.79 Å². The first kappa shape index (κ1) is 20.7. The number of likely N-dealkylation sites (tertiary alicyclic amines) is 1. The first-order valence-electron chi connectivity index (χ1n) is 10.4. The molecule has 4 rings (SSSR count). The van der Waals surface area contributed by atoms with E-state index in [2.05, 4.69) is 15.8 Å². The number of carbonyl (C=O) groups excluding carboxylic acids is 1. The molecule has 2 aliphatic rings. The van der Waals surface area contributed by atoms with Crippen molar-refractivity contribution < 1.29 is 19.1 Å². The first-order valence-corrected chi connectivity index (χ1v) is 10.4. The Morgan fingerprint density at radius 3 is 2.70 bits per heavy atom. The standard InChI is InChI=1S/C23H26FN3O3/c24-20-11-16(8-9-19(20)15-5-2-1-3-6-15)22(28)17-7-4-10-27(13-17)14-18-12-25-26-21(18)23(29)30/h1-3,5-6,8-9,11,17-18,21,25-26H,4,7,10,12-14H2,(H,29,30). The SMILES string of the molecule is O=C(c1ccc(-c2ccccc2)c(F)c1)C1CCCN(CC2CNNC2C(=O)O)C1. The summed E-state index contributed by atoms with van der Waals surface area (Å²) >= 11 is 0. The second-order valence-electron chi connectivity index (χ2n) is 8.12. The van der Waals surface area contributed by atoms with Crippen molar-refractivity contribution in [2.75, 3.05) is 26.2 Å². The highest BCUT2D eigenvalue weighted by Crippen LogP contribution is 2.27. The predicted molar refractivity (Wildman–Crippen MR) is 111 cm³/mol. The van der Waals surface area contributed by atoms with E-state index in [1.54, 1.807) is 12.1 Å². The molecule has 0 aliphatic carbocycles. The molecular formula is C23H26FN3O3. The monoisotopic (exact) mass is 411 g/mol. The number of carbonyl (C=O) groups is 2. The van der Waals surface area contributed by atoms with Crippen LogP contribution in [0.3, 0.4) is 0 Å². The van der Waals surface area contributed by atoms with Gasteiger partial charge in [-0.25, -0.2) is 9.82 Å². The summed E-state index contributed by atoms with van der Waals surface area (Å²) in [6, 6.07) is 13.4. The number of carboxylic acid groups (broad SMARTS) is 1. The summed E-state index contributed by atoms with van der Waals surface area (Å²) in [5, 5.41) is 9.32. The summed E-state index contributed by atoms with van der Waals surface area (Å²) in [5.41, 5.74) is 7.37. The topological polar surface area (TPSA) is 81.7 Å². The molecule has 0 bridgehead atoms. The summed E-state index contributed by atoms with van der Waals surface area (Å²) in [4.78, 5) is 26.6. The number of aliphatic carboxylic acids is 1. The molecule has 0 spiro atoms. The Bertz CT molecular complexity index is 921. The zero-order chi connectivity index (χ0) is 21.1. The molecule has 2 aromatic rings. The van der Waals surface area contributed by atoms with E-state index in [1.807, 2.05) is 30.3 Å². The van der Waals surface area contributed by atoms with Gasteiger partial charge in [-0.05, 0) is 31.0 Å². The second kappa shape index (κ2) is 9.04. The van der Waals surface area contributed by atoms with Gasteiger partial charge in [0.2, 0.25) is 0 Å². The minimum atomic E-state index is -0.872. The molecule has 0 aromatic heterocycles. The summed E-state index contributed by atoms with van der Waals surface area (Å²) < 4.78 is 14.7. The lowest BCUT2D eigenvalue weighted by Gasteiger charge is -2.34. The van der Waals surface area contributed by atoms with Crippen LogP contribution in [0.25, 0.3) is 11.1 Å². The first-order chi connectivity index (χ1) is 14.5. The molecule has 0 radical (unpaired) electrons. The van der Waals surface area contributed by atoms with E-state index in [4.69, 9.17) is 0 Å². The molecule has 6 nitrogen and oxygen atoms in total. The number of nitrogens with one attached hydrogen (secondary N) is 2. The Balaban J connectivity index is 1.43. The van der Waals surface area contributed by atoms with E-state index in [1.165, 1.54) is 6.07 Å². The lowest BCUT2D eigenvalue weighted by atomic mass is 9.88. The number of hydrogen-bond acceptors (Lipinski definition) is 5. The summed E-state index contributed by atoms with van der Waals surface area (Å²) in [6.07, 6.45) is 1.63. The molecule has 2 aliphatic heterocycles. The Labute approximate surface area is 175 Å². The van der Waals surface area contributed by atoms with Gasteiger partial charge in [0.15, 0.2) is 5.78 Å². The van der Waals surface area contributed by atoms with Crippen molar-refractivity contribution in [1.82, 2.24) is 15.8 Å². The zero-order valence-corrected chi connectivity index (χ0v) is 16.7.